The number of hydrogen-bond donors (Lipinski definition) is 1. The van der Waals surface area contributed by atoms with Crippen molar-refractivity contribution in [3.05, 3.63) is 69.1 Å². The molecule has 1 N–H and O–H groups in total. The van der Waals surface area contributed by atoms with Gasteiger partial charge in [-0.25, -0.2) is 9.37 Å². The van der Waals surface area contributed by atoms with Gasteiger partial charge >= 0.3 is 0 Å². The molecule has 4 aromatic rings. The number of imidazole rings is 1. The number of hydrogen-bond acceptors (Lipinski definition) is 6. The van der Waals surface area contributed by atoms with E-state index in [1.807, 2.05) is 19.1 Å². The topological polar surface area (TPSA) is 76.7 Å². The van der Waals surface area contributed by atoms with Crippen LogP contribution in [0.1, 0.15) is 18.9 Å². The van der Waals surface area contributed by atoms with E-state index in [-0.39, 0.29) is 11.3 Å². The van der Waals surface area contributed by atoms with E-state index in [1.54, 1.807) is 24.7 Å². The zero-order valence-electron chi connectivity index (χ0n) is 14.9. The van der Waals surface area contributed by atoms with Crippen LogP contribution in [0.3, 0.4) is 0 Å². The second-order valence-corrected chi connectivity index (χ2v) is 7.14. The van der Waals surface area contributed by atoms with Gasteiger partial charge in [-0.2, -0.15) is 0 Å². The number of ether oxygens (including phenoxy) is 1. The largest absolute Gasteiger partial charge is 0.502 e. The lowest BCUT2D eigenvalue weighted by Gasteiger charge is -2.08. The van der Waals surface area contributed by atoms with Crippen molar-refractivity contribution >= 4 is 22.4 Å². The molecule has 0 saturated heterocycles. The minimum Gasteiger partial charge on any atom is -0.502 e. The zero-order valence-corrected chi connectivity index (χ0v) is 15.7. The quantitative estimate of drug-likeness (QED) is 0.560. The van der Waals surface area contributed by atoms with Gasteiger partial charge in [-0.1, -0.05) is 18.3 Å². The Bertz CT molecular complexity index is 1250. The summed E-state index contributed by atoms with van der Waals surface area (Å²) in [7, 11) is 0. The number of phenols is 1. The third-order valence-corrected chi connectivity index (χ3v) is 5.07. The first kappa shape index (κ1) is 18.1. The van der Waals surface area contributed by atoms with Gasteiger partial charge in [-0.05, 0) is 42.3 Å². The van der Waals surface area contributed by atoms with Crippen molar-refractivity contribution in [2.45, 2.75) is 13.3 Å². The van der Waals surface area contributed by atoms with Gasteiger partial charge in [0.15, 0.2) is 22.3 Å². The molecule has 4 rings (SSSR count). The van der Waals surface area contributed by atoms with E-state index in [0.29, 0.717) is 27.4 Å². The van der Waals surface area contributed by atoms with Gasteiger partial charge < -0.3 is 9.84 Å². The highest BCUT2D eigenvalue weighted by molar-refractivity contribution is 7.15. The molecule has 3 heterocycles. The number of aromatic nitrogens is 3. The van der Waals surface area contributed by atoms with Crippen molar-refractivity contribution < 1.29 is 14.2 Å². The molecule has 1 aromatic carbocycles. The molecule has 0 spiro atoms. The van der Waals surface area contributed by atoms with Crippen LogP contribution in [-0.4, -0.2) is 26.1 Å². The average Bonchev–Trinajstić information content (AvgIpc) is 3.24. The summed E-state index contributed by atoms with van der Waals surface area (Å²) in [5.74, 6) is -1.27. The molecule has 0 atom stereocenters. The normalized spacial score (nSPS) is 12.0. The Hall–Kier alpha value is -3.26. The molecule has 0 amide bonds. The number of aromatic hydroxyl groups is 1. The Kier molecular flexibility index (Phi) is 4.79. The number of thiazole rings is 1. The molecule has 142 valence electrons. The number of pyridine rings is 1. The smallest absolute Gasteiger partial charge is 0.274 e. The van der Waals surface area contributed by atoms with Crippen molar-refractivity contribution in [3.8, 4) is 22.8 Å². The minimum atomic E-state index is -0.798. The molecule has 0 radical (unpaired) electrons. The predicted molar refractivity (Wildman–Crippen MR) is 105 cm³/mol. The highest BCUT2D eigenvalue weighted by atomic mass is 32.1. The maximum absolute atomic E-state index is 14.0. The fraction of sp³-hybridized carbons (Fsp3) is 0.150. The van der Waals surface area contributed by atoms with E-state index in [4.69, 9.17) is 4.74 Å². The Morgan fingerprint density at radius 1 is 1.32 bits per heavy atom. The second kappa shape index (κ2) is 7.40. The number of halogens is 1. The molecule has 0 fully saturated rings. The van der Waals surface area contributed by atoms with Crippen LogP contribution >= 0.6 is 11.3 Å². The summed E-state index contributed by atoms with van der Waals surface area (Å²) in [5.41, 5.74) is 1.74. The number of phenolic OH excluding ortho intramolecular Hbond substituents is 1. The summed E-state index contributed by atoms with van der Waals surface area (Å²) in [6, 6.07) is 6.32. The molecule has 0 unspecified atom stereocenters. The Balaban J connectivity index is 1.76. The van der Waals surface area contributed by atoms with Gasteiger partial charge in [0.25, 0.3) is 5.56 Å². The van der Waals surface area contributed by atoms with E-state index in [0.717, 1.165) is 12.0 Å². The number of fused-ring (bicyclic) bond motifs is 1. The third-order valence-electron chi connectivity index (χ3n) is 4.09. The molecule has 8 heteroatoms. The lowest BCUT2D eigenvalue weighted by molar-refractivity contribution is 0.293. The maximum Gasteiger partial charge on any atom is 0.274 e. The Labute approximate surface area is 163 Å². The molecule has 0 aliphatic heterocycles. The van der Waals surface area contributed by atoms with E-state index < -0.39 is 11.6 Å². The zero-order chi connectivity index (χ0) is 19.7. The van der Waals surface area contributed by atoms with Gasteiger partial charge in [0.1, 0.15) is 0 Å². The molecule has 0 saturated carbocycles. The van der Waals surface area contributed by atoms with E-state index in [1.165, 1.54) is 27.9 Å². The summed E-state index contributed by atoms with van der Waals surface area (Å²) >= 11 is 1.21. The van der Waals surface area contributed by atoms with Gasteiger partial charge in [-0.15, -0.1) is 0 Å². The molecule has 0 aliphatic rings. The third kappa shape index (κ3) is 3.34. The van der Waals surface area contributed by atoms with Crippen molar-refractivity contribution in [3.63, 3.8) is 0 Å². The summed E-state index contributed by atoms with van der Waals surface area (Å²) in [6.07, 6.45) is 7.29. The van der Waals surface area contributed by atoms with E-state index in [9.17, 15) is 14.3 Å². The molecule has 6 nitrogen and oxygen atoms in total. The van der Waals surface area contributed by atoms with Crippen molar-refractivity contribution in [1.82, 2.24) is 14.4 Å². The van der Waals surface area contributed by atoms with Gasteiger partial charge in [-0.3, -0.25) is 14.2 Å². The highest BCUT2D eigenvalue weighted by Crippen LogP contribution is 2.31. The second-order valence-electron chi connectivity index (χ2n) is 6.13. The number of benzene rings is 1. The first-order valence-electron chi connectivity index (χ1n) is 8.66. The SMILES string of the molecule is CCCOc1cc(/C=c2\sc3nc(-c4ccncc4)cn3c2=O)cc(F)c1O. The fourth-order valence-electron chi connectivity index (χ4n) is 2.74. The van der Waals surface area contributed by atoms with Crippen LogP contribution in [0.5, 0.6) is 11.5 Å². The first-order chi connectivity index (χ1) is 13.6. The average molecular weight is 397 g/mol. The Morgan fingerprint density at radius 2 is 2.11 bits per heavy atom. The molecule has 0 bridgehead atoms. The van der Waals surface area contributed by atoms with Gasteiger partial charge in [0.05, 0.1) is 16.8 Å². The lowest BCUT2D eigenvalue weighted by atomic mass is 10.2. The highest BCUT2D eigenvalue weighted by Gasteiger charge is 2.13. The fourth-order valence-corrected chi connectivity index (χ4v) is 3.70. The maximum atomic E-state index is 14.0. The van der Waals surface area contributed by atoms with Crippen LogP contribution in [0.15, 0.2) is 47.7 Å². The van der Waals surface area contributed by atoms with Crippen LogP contribution < -0.4 is 14.8 Å². The molecule has 0 aliphatic carbocycles. The summed E-state index contributed by atoms with van der Waals surface area (Å²) in [4.78, 5) is 21.7. The van der Waals surface area contributed by atoms with Gasteiger partial charge in [0.2, 0.25) is 0 Å². The summed E-state index contributed by atoms with van der Waals surface area (Å²) in [5, 5.41) is 9.80. The van der Waals surface area contributed by atoms with Crippen molar-refractivity contribution in [1.29, 1.82) is 0 Å². The Morgan fingerprint density at radius 3 is 2.82 bits per heavy atom. The standard InChI is InChI=1S/C20H16FN3O3S/c1-2-7-27-16-9-12(8-14(21)18(16)25)10-17-19(26)24-11-15(23-20(24)28-17)13-3-5-22-6-4-13/h3-6,8-11,25H,2,7H2,1H3/b17-10-. The number of rotatable bonds is 5. The number of nitrogens with zero attached hydrogens (tertiary/aromatic N) is 3. The van der Waals surface area contributed by atoms with E-state index >= 15 is 0 Å². The molecular weight excluding hydrogens is 381 g/mol. The molecule has 28 heavy (non-hydrogen) atoms. The van der Waals surface area contributed by atoms with Crippen molar-refractivity contribution in [2.75, 3.05) is 6.61 Å². The van der Waals surface area contributed by atoms with Crippen LogP contribution in [0.4, 0.5) is 4.39 Å². The molecule has 3 aromatic heterocycles. The predicted octanol–water partition coefficient (Wildman–Crippen LogP) is 3.00. The van der Waals surface area contributed by atoms with Crippen molar-refractivity contribution in [2.24, 2.45) is 0 Å². The van der Waals surface area contributed by atoms with E-state index in [2.05, 4.69) is 9.97 Å². The van der Waals surface area contributed by atoms with Gasteiger partial charge in [0, 0.05) is 24.2 Å². The first-order valence-corrected chi connectivity index (χ1v) is 9.48. The molecular formula is C20H16FN3O3S. The van der Waals surface area contributed by atoms with Crippen LogP contribution in [-0.2, 0) is 0 Å². The summed E-state index contributed by atoms with van der Waals surface area (Å²) in [6.45, 7) is 2.27. The minimum absolute atomic E-state index is 0.0573. The van der Waals surface area contributed by atoms with Crippen LogP contribution in [0.2, 0.25) is 0 Å². The van der Waals surface area contributed by atoms with Crippen LogP contribution in [0, 0.1) is 5.82 Å². The monoisotopic (exact) mass is 397 g/mol. The van der Waals surface area contributed by atoms with Crippen LogP contribution in [0.25, 0.3) is 22.3 Å². The summed E-state index contributed by atoms with van der Waals surface area (Å²) < 4.78 is 21.3. The lowest BCUT2D eigenvalue weighted by Crippen LogP contribution is -2.22.